The van der Waals surface area contributed by atoms with Crippen molar-refractivity contribution in [3.63, 3.8) is 0 Å². The normalized spacial score (nSPS) is 17.2. The van der Waals surface area contributed by atoms with E-state index in [0.717, 1.165) is 55.9 Å². The minimum atomic E-state index is -0.144. The molecule has 0 bridgehead atoms. The number of pyridine rings is 2. The van der Waals surface area contributed by atoms with Gasteiger partial charge in [-0.25, -0.2) is 0 Å². The van der Waals surface area contributed by atoms with Gasteiger partial charge in [0.2, 0.25) is 0 Å². The van der Waals surface area contributed by atoms with Gasteiger partial charge >= 0.3 is 0 Å². The smallest absolute Gasteiger partial charge is 0.163 e. The van der Waals surface area contributed by atoms with Crippen molar-refractivity contribution in [2.45, 2.75) is 31.1 Å². The van der Waals surface area contributed by atoms with Crippen LogP contribution in [0.15, 0.2) is 107 Å². The lowest BCUT2D eigenvalue weighted by atomic mass is 9.79. The molecule has 0 aliphatic heterocycles. The van der Waals surface area contributed by atoms with Gasteiger partial charge < -0.3 is 19.3 Å². The maximum absolute atomic E-state index is 11.1. The van der Waals surface area contributed by atoms with Crippen molar-refractivity contribution in [2.24, 2.45) is 0 Å². The van der Waals surface area contributed by atoms with Crippen LogP contribution in [0.25, 0.3) is 23.3 Å². The van der Waals surface area contributed by atoms with E-state index in [-0.39, 0.29) is 23.3 Å². The zero-order valence-electron chi connectivity index (χ0n) is 24.2. The van der Waals surface area contributed by atoms with E-state index in [1.807, 2.05) is 60.7 Å². The third-order valence-electron chi connectivity index (χ3n) is 8.80. The molecule has 4 heterocycles. The SMILES string of the molecule is Oc1ccc(Cc2ccc(O)c(C3CC(c4ccccn4)=Cc4oncc43)c2)cc1C1CC(c2ccccn2)=Cc2oncc21. The molecule has 6 aromatic rings. The second kappa shape index (κ2) is 11.1. The van der Waals surface area contributed by atoms with Crippen molar-refractivity contribution in [1.82, 2.24) is 20.3 Å². The number of benzene rings is 2. The molecular weight excluding hydrogens is 564 g/mol. The van der Waals surface area contributed by atoms with Crippen molar-refractivity contribution in [3.05, 3.63) is 154 Å². The summed E-state index contributed by atoms with van der Waals surface area (Å²) in [4.78, 5) is 9.08. The van der Waals surface area contributed by atoms with E-state index >= 15 is 0 Å². The van der Waals surface area contributed by atoms with E-state index in [2.05, 4.69) is 32.4 Å². The average Bonchev–Trinajstić information content (AvgIpc) is 3.77. The Morgan fingerprint density at radius 3 is 1.53 bits per heavy atom. The Morgan fingerprint density at radius 2 is 1.09 bits per heavy atom. The molecule has 2 aromatic carbocycles. The van der Waals surface area contributed by atoms with E-state index in [1.54, 1.807) is 36.9 Å². The number of phenolic OH excluding ortho intramolecular Hbond substituents is 2. The molecule has 2 atom stereocenters. The second-order valence-corrected chi connectivity index (χ2v) is 11.5. The van der Waals surface area contributed by atoms with Crippen LogP contribution in [0.3, 0.4) is 0 Å². The van der Waals surface area contributed by atoms with Gasteiger partial charge in [-0.15, -0.1) is 0 Å². The van der Waals surface area contributed by atoms with Crippen LogP contribution in [0.5, 0.6) is 11.5 Å². The molecule has 0 saturated carbocycles. The fourth-order valence-electron chi connectivity index (χ4n) is 6.59. The molecule has 220 valence electrons. The van der Waals surface area contributed by atoms with Crippen LogP contribution in [-0.4, -0.2) is 30.5 Å². The van der Waals surface area contributed by atoms with E-state index in [4.69, 9.17) is 9.05 Å². The van der Waals surface area contributed by atoms with Gasteiger partial charge in [0.1, 0.15) is 11.5 Å². The Hall–Kier alpha value is -5.76. The molecule has 8 heteroatoms. The van der Waals surface area contributed by atoms with Crippen molar-refractivity contribution in [3.8, 4) is 11.5 Å². The van der Waals surface area contributed by atoms with Crippen LogP contribution >= 0.6 is 0 Å². The molecule has 2 unspecified atom stereocenters. The Morgan fingerprint density at radius 1 is 0.600 bits per heavy atom. The topological polar surface area (TPSA) is 118 Å². The maximum atomic E-state index is 11.1. The molecule has 45 heavy (non-hydrogen) atoms. The summed E-state index contributed by atoms with van der Waals surface area (Å²) >= 11 is 0. The average molecular weight is 593 g/mol. The molecule has 0 fully saturated rings. The first-order valence-electron chi connectivity index (χ1n) is 14.9. The number of hydrogen-bond acceptors (Lipinski definition) is 8. The first-order chi connectivity index (χ1) is 22.1. The highest BCUT2D eigenvalue weighted by molar-refractivity contribution is 5.84. The fraction of sp³-hybridized carbons (Fsp3) is 0.135. The summed E-state index contributed by atoms with van der Waals surface area (Å²) in [6.45, 7) is 0. The van der Waals surface area contributed by atoms with Gasteiger partial charge in [0.05, 0.1) is 23.8 Å². The van der Waals surface area contributed by atoms with Gasteiger partial charge in [0.15, 0.2) is 11.5 Å². The summed E-state index contributed by atoms with van der Waals surface area (Å²) in [5.41, 5.74) is 9.36. The summed E-state index contributed by atoms with van der Waals surface area (Å²) < 4.78 is 11.2. The van der Waals surface area contributed by atoms with Crippen LogP contribution in [0.4, 0.5) is 0 Å². The quantitative estimate of drug-likeness (QED) is 0.203. The van der Waals surface area contributed by atoms with Crippen molar-refractivity contribution >= 4 is 23.3 Å². The summed E-state index contributed by atoms with van der Waals surface area (Å²) in [6.07, 6.45) is 12.9. The Balaban J connectivity index is 1.11. The van der Waals surface area contributed by atoms with Crippen LogP contribution in [-0.2, 0) is 6.42 Å². The highest BCUT2D eigenvalue weighted by Gasteiger charge is 2.31. The second-order valence-electron chi connectivity index (χ2n) is 11.5. The van der Waals surface area contributed by atoms with Crippen LogP contribution in [0.2, 0.25) is 0 Å². The third-order valence-corrected chi connectivity index (χ3v) is 8.80. The maximum Gasteiger partial charge on any atom is 0.163 e. The predicted octanol–water partition coefficient (Wildman–Crippen LogP) is 7.61. The molecule has 0 radical (unpaired) electrons. The van der Waals surface area contributed by atoms with Gasteiger partial charge in [-0.05, 0) is 90.1 Å². The molecule has 0 saturated heterocycles. The van der Waals surface area contributed by atoms with Crippen molar-refractivity contribution in [1.29, 1.82) is 0 Å². The van der Waals surface area contributed by atoms with Gasteiger partial charge in [-0.1, -0.05) is 46.7 Å². The molecular formula is C37H28N4O4. The lowest BCUT2D eigenvalue weighted by Gasteiger charge is -2.24. The minimum absolute atomic E-state index is 0.144. The third kappa shape index (κ3) is 5.00. The Bertz CT molecular complexity index is 1930. The van der Waals surface area contributed by atoms with E-state index < -0.39 is 0 Å². The lowest BCUT2D eigenvalue weighted by molar-refractivity contribution is 0.410. The molecule has 4 aromatic heterocycles. The summed E-state index contributed by atoms with van der Waals surface area (Å²) in [6, 6.07) is 23.2. The molecule has 8 nitrogen and oxygen atoms in total. The summed E-state index contributed by atoms with van der Waals surface area (Å²) in [5, 5.41) is 30.3. The Labute approximate surface area is 259 Å². The summed E-state index contributed by atoms with van der Waals surface area (Å²) in [7, 11) is 0. The lowest BCUT2D eigenvalue weighted by Crippen LogP contribution is -2.09. The first kappa shape index (κ1) is 26.8. The van der Waals surface area contributed by atoms with E-state index in [1.165, 1.54) is 0 Å². The van der Waals surface area contributed by atoms with Crippen molar-refractivity contribution < 1.29 is 19.3 Å². The largest absolute Gasteiger partial charge is 0.508 e. The standard InChI is InChI=1S/C37H28N4O4/c42-34-9-7-22(14-28(34)26-16-24(32-5-1-3-11-38-32)18-36-30(26)20-40-44-36)13-23-8-10-35(43)29(15-23)27-17-25(33-6-2-4-12-39-33)19-37-31(27)21-41-45-37/h1-12,14-15,18-21,26-27,42-43H,13,16-17H2. The molecule has 0 spiro atoms. The predicted molar refractivity (Wildman–Crippen MR) is 169 cm³/mol. The van der Waals surface area contributed by atoms with Crippen LogP contribution in [0, 0.1) is 0 Å². The fourth-order valence-corrected chi connectivity index (χ4v) is 6.59. The molecule has 0 amide bonds. The monoisotopic (exact) mass is 592 g/mol. The number of hydrogen-bond donors (Lipinski definition) is 2. The van der Waals surface area contributed by atoms with Crippen LogP contribution in [0.1, 0.15) is 81.0 Å². The van der Waals surface area contributed by atoms with E-state index in [9.17, 15) is 10.2 Å². The Kier molecular flexibility index (Phi) is 6.60. The zero-order valence-corrected chi connectivity index (χ0v) is 24.2. The number of aromatic hydroxyl groups is 2. The first-order valence-corrected chi connectivity index (χ1v) is 14.9. The number of rotatable bonds is 6. The molecule has 8 rings (SSSR count). The number of aromatic nitrogens is 4. The van der Waals surface area contributed by atoms with Gasteiger partial charge in [0.25, 0.3) is 0 Å². The van der Waals surface area contributed by atoms with Gasteiger partial charge in [0, 0.05) is 46.5 Å². The van der Waals surface area contributed by atoms with Gasteiger partial charge in [-0.2, -0.15) is 0 Å². The highest BCUT2D eigenvalue weighted by atomic mass is 16.5. The molecule has 2 N–H and O–H groups in total. The number of nitrogens with zero attached hydrogens (tertiary/aromatic N) is 4. The molecule has 2 aliphatic rings. The van der Waals surface area contributed by atoms with E-state index in [0.29, 0.717) is 30.8 Å². The number of allylic oxidation sites excluding steroid dienone is 2. The van der Waals surface area contributed by atoms with Crippen molar-refractivity contribution in [2.75, 3.05) is 0 Å². The minimum Gasteiger partial charge on any atom is -0.508 e. The number of phenols is 2. The summed E-state index contributed by atoms with van der Waals surface area (Å²) in [5.74, 6) is 1.52. The highest BCUT2D eigenvalue weighted by Crippen LogP contribution is 2.46. The zero-order chi connectivity index (χ0) is 30.3. The number of fused-ring (bicyclic) bond motifs is 2. The van der Waals surface area contributed by atoms with Crippen LogP contribution < -0.4 is 0 Å². The van der Waals surface area contributed by atoms with Gasteiger partial charge in [-0.3, -0.25) is 9.97 Å². The molecule has 2 aliphatic carbocycles.